The molecule has 1 aromatic carbocycles. The number of benzene rings is 1. The van der Waals surface area contributed by atoms with E-state index in [-0.39, 0.29) is 11.8 Å². The van der Waals surface area contributed by atoms with Gasteiger partial charge in [0.2, 0.25) is 0 Å². The second kappa shape index (κ2) is 9.46. The van der Waals surface area contributed by atoms with Crippen LogP contribution in [-0.2, 0) is 9.63 Å². The van der Waals surface area contributed by atoms with Crippen LogP contribution in [0, 0.1) is 5.92 Å². The van der Waals surface area contributed by atoms with Gasteiger partial charge in [-0.25, -0.2) is 9.59 Å². The number of nitrogens with one attached hydrogen (secondary N) is 1. The lowest BCUT2D eigenvalue weighted by Gasteiger charge is -2.36. The van der Waals surface area contributed by atoms with Crippen LogP contribution in [0.2, 0.25) is 5.02 Å². The predicted molar refractivity (Wildman–Crippen MR) is 121 cm³/mol. The van der Waals surface area contributed by atoms with E-state index >= 15 is 0 Å². The second-order valence-electron chi connectivity index (χ2n) is 8.77. The highest BCUT2D eigenvalue weighted by Crippen LogP contribution is 2.31. The summed E-state index contributed by atoms with van der Waals surface area (Å²) in [5.41, 5.74) is 1.22. The van der Waals surface area contributed by atoms with Gasteiger partial charge in [0.15, 0.2) is 0 Å². The lowest BCUT2D eigenvalue weighted by Crippen LogP contribution is -2.51. The number of halogens is 1. The number of hydrogen-bond donors (Lipinski definition) is 1. The zero-order chi connectivity index (χ0) is 23.7. The van der Waals surface area contributed by atoms with Gasteiger partial charge in [-0.15, -0.1) is 0 Å². The number of carbonyl (C=O) groups excluding carboxylic acids is 4. The van der Waals surface area contributed by atoms with E-state index in [0.717, 1.165) is 31.6 Å². The van der Waals surface area contributed by atoms with Crippen molar-refractivity contribution in [3.05, 3.63) is 28.8 Å². The SMILES string of the molecule is CC(C)[C@@H]1NC(=O)N(OC(=O)N2CCN(c3cccc(C(=O)N4CCCC4)c3Cl)CC2)C1=O. The first-order valence-electron chi connectivity index (χ1n) is 11.2. The Hall–Kier alpha value is -3.01. The van der Waals surface area contributed by atoms with Gasteiger partial charge in [-0.2, -0.15) is 0 Å². The van der Waals surface area contributed by atoms with Gasteiger partial charge in [0.05, 0.1) is 16.3 Å². The maximum Gasteiger partial charge on any atom is 0.434 e. The molecule has 0 spiro atoms. The van der Waals surface area contributed by atoms with E-state index in [0.29, 0.717) is 41.8 Å². The Bertz CT molecular complexity index is 956. The van der Waals surface area contributed by atoms with Crippen LogP contribution in [0.5, 0.6) is 0 Å². The first-order chi connectivity index (χ1) is 15.8. The molecular formula is C22H28ClN5O5. The Kier molecular flexibility index (Phi) is 6.64. The highest BCUT2D eigenvalue weighted by atomic mass is 35.5. The first kappa shape index (κ1) is 23.2. The molecule has 11 heteroatoms. The van der Waals surface area contributed by atoms with E-state index in [1.807, 2.05) is 21.9 Å². The molecule has 0 radical (unpaired) electrons. The standard InChI is InChI=1S/C22H28ClN5O5/c1-14(2)18-20(30)28(21(31)24-18)33-22(32)27-12-10-25(11-13-27)16-7-5-6-15(17(16)23)19(29)26-8-3-4-9-26/h5-7,14,18H,3-4,8-13H2,1-2H3,(H,24,31)/t18-/m0/s1. The number of amides is 5. The molecule has 33 heavy (non-hydrogen) atoms. The maximum atomic E-state index is 12.8. The summed E-state index contributed by atoms with van der Waals surface area (Å²) in [5, 5.41) is 3.43. The van der Waals surface area contributed by atoms with Crippen molar-refractivity contribution in [2.45, 2.75) is 32.7 Å². The topological polar surface area (TPSA) is 102 Å². The Labute approximate surface area is 197 Å². The summed E-state index contributed by atoms with van der Waals surface area (Å²) in [5.74, 6) is -0.755. The molecule has 3 fully saturated rings. The number of hydroxylamine groups is 2. The zero-order valence-corrected chi connectivity index (χ0v) is 19.5. The molecule has 0 saturated carbocycles. The Morgan fingerprint density at radius 1 is 1.03 bits per heavy atom. The fourth-order valence-corrected chi connectivity index (χ4v) is 4.63. The van der Waals surface area contributed by atoms with Crippen molar-refractivity contribution in [1.82, 2.24) is 20.2 Å². The minimum Gasteiger partial charge on any atom is -0.367 e. The zero-order valence-electron chi connectivity index (χ0n) is 18.8. The molecule has 178 valence electrons. The Morgan fingerprint density at radius 2 is 1.70 bits per heavy atom. The number of hydrogen-bond acceptors (Lipinski definition) is 6. The van der Waals surface area contributed by atoms with Crippen LogP contribution in [0.4, 0.5) is 15.3 Å². The summed E-state index contributed by atoms with van der Waals surface area (Å²) >= 11 is 6.62. The molecule has 5 amide bonds. The van der Waals surface area contributed by atoms with Crippen LogP contribution in [0.25, 0.3) is 0 Å². The molecule has 4 rings (SSSR count). The minimum absolute atomic E-state index is 0.0603. The van der Waals surface area contributed by atoms with E-state index in [1.165, 1.54) is 4.90 Å². The third kappa shape index (κ3) is 4.57. The number of piperazine rings is 1. The van der Waals surface area contributed by atoms with Crippen molar-refractivity contribution in [3.8, 4) is 0 Å². The summed E-state index contributed by atoms with van der Waals surface area (Å²) in [6, 6.07) is 3.96. The molecular weight excluding hydrogens is 450 g/mol. The van der Waals surface area contributed by atoms with Crippen LogP contribution >= 0.6 is 11.6 Å². The number of likely N-dealkylation sites (tertiary alicyclic amines) is 1. The average molecular weight is 478 g/mol. The van der Waals surface area contributed by atoms with Crippen molar-refractivity contribution >= 4 is 41.2 Å². The van der Waals surface area contributed by atoms with Gasteiger partial charge in [0.25, 0.3) is 11.8 Å². The highest BCUT2D eigenvalue weighted by molar-refractivity contribution is 6.36. The second-order valence-corrected chi connectivity index (χ2v) is 9.15. The third-order valence-electron chi connectivity index (χ3n) is 6.25. The average Bonchev–Trinajstić information content (AvgIpc) is 3.43. The molecule has 3 heterocycles. The van der Waals surface area contributed by atoms with E-state index in [9.17, 15) is 19.2 Å². The van der Waals surface area contributed by atoms with Gasteiger partial charge in [-0.1, -0.05) is 36.6 Å². The van der Waals surface area contributed by atoms with E-state index in [1.54, 1.807) is 19.9 Å². The molecule has 0 aliphatic carbocycles. The molecule has 3 aliphatic rings. The van der Waals surface area contributed by atoms with Gasteiger partial charge < -0.3 is 24.9 Å². The molecule has 3 aliphatic heterocycles. The quantitative estimate of drug-likeness (QED) is 0.668. The van der Waals surface area contributed by atoms with Crippen LogP contribution in [0.15, 0.2) is 18.2 Å². The summed E-state index contributed by atoms with van der Waals surface area (Å²) in [6.45, 7) is 6.65. The van der Waals surface area contributed by atoms with Crippen LogP contribution in [0.3, 0.4) is 0 Å². The molecule has 0 bridgehead atoms. The van der Waals surface area contributed by atoms with Crippen molar-refractivity contribution in [1.29, 1.82) is 0 Å². The molecule has 1 atom stereocenters. The Balaban J connectivity index is 1.37. The summed E-state index contributed by atoms with van der Waals surface area (Å²) in [6.07, 6.45) is 1.25. The number of nitrogens with zero attached hydrogens (tertiary/aromatic N) is 4. The number of rotatable bonds is 4. The molecule has 3 saturated heterocycles. The van der Waals surface area contributed by atoms with Crippen LogP contribution < -0.4 is 10.2 Å². The highest BCUT2D eigenvalue weighted by Gasteiger charge is 2.43. The summed E-state index contributed by atoms with van der Waals surface area (Å²) in [4.78, 5) is 60.1. The van der Waals surface area contributed by atoms with Crippen LogP contribution in [0.1, 0.15) is 37.0 Å². The predicted octanol–water partition coefficient (Wildman–Crippen LogP) is 2.33. The minimum atomic E-state index is -0.758. The first-order valence-corrected chi connectivity index (χ1v) is 11.6. The summed E-state index contributed by atoms with van der Waals surface area (Å²) in [7, 11) is 0. The lowest BCUT2D eigenvalue weighted by atomic mass is 10.1. The number of urea groups is 1. The normalized spacial score (nSPS) is 21.2. The van der Waals surface area contributed by atoms with Crippen LogP contribution in [-0.4, -0.2) is 84.1 Å². The Morgan fingerprint density at radius 3 is 2.30 bits per heavy atom. The fourth-order valence-electron chi connectivity index (χ4n) is 4.30. The molecule has 0 unspecified atom stereocenters. The summed E-state index contributed by atoms with van der Waals surface area (Å²) < 4.78 is 0. The molecule has 1 aromatic rings. The monoisotopic (exact) mass is 477 g/mol. The molecule has 0 aromatic heterocycles. The lowest BCUT2D eigenvalue weighted by molar-refractivity contribution is -0.152. The van der Waals surface area contributed by atoms with Crippen molar-refractivity contribution < 1.29 is 24.0 Å². The van der Waals surface area contributed by atoms with Crippen molar-refractivity contribution in [3.63, 3.8) is 0 Å². The van der Waals surface area contributed by atoms with E-state index in [2.05, 4.69) is 5.32 Å². The van der Waals surface area contributed by atoms with Gasteiger partial charge in [0, 0.05) is 39.3 Å². The van der Waals surface area contributed by atoms with Crippen molar-refractivity contribution in [2.75, 3.05) is 44.2 Å². The van der Waals surface area contributed by atoms with Gasteiger partial charge in [-0.05, 0) is 30.9 Å². The number of imide groups is 1. The smallest absolute Gasteiger partial charge is 0.367 e. The van der Waals surface area contributed by atoms with Gasteiger partial charge >= 0.3 is 12.1 Å². The van der Waals surface area contributed by atoms with Gasteiger partial charge in [0.1, 0.15) is 6.04 Å². The number of anilines is 1. The maximum absolute atomic E-state index is 12.8. The van der Waals surface area contributed by atoms with Gasteiger partial charge in [-0.3, -0.25) is 9.59 Å². The molecule has 1 N–H and O–H groups in total. The van der Waals surface area contributed by atoms with E-state index in [4.69, 9.17) is 16.4 Å². The third-order valence-corrected chi connectivity index (χ3v) is 6.64. The fraction of sp³-hybridized carbons (Fsp3) is 0.545. The van der Waals surface area contributed by atoms with E-state index < -0.39 is 24.1 Å². The largest absolute Gasteiger partial charge is 0.434 e. The molecule has 10 nitrogen and oxygen atoms in total. The number of carbonyl (C=O) groups is 4. The van der Waals surface area contributed by atoms with Crippen molar-refractivity contribution in [2.24, 2.45) is 5.92 Å².